The number of halogens is 2. The Balaban J connectivity index is 1.43. The number of rotatable bonds is 7. The van der Waals surface area contributed by atoms with Crippen LogP contribution in [-0.4, -0.2) is 61.0 Å². The molecule has 0 saturated heterocycles. The van der Waals surface area contributed by atoms with Gasteiger partial charge in [-0.05, 0) is 44.7 Å². The number of fused-ring (bicyclic) bond motifs is 2. The van der Waals surface area contributed by atoms with E-state index in [1.165, 1.54) is 4.57 Å². The molecular formula is C24H29F2N9O. The Morgan fingerprint density at radius 2 is 1.89 bits per heavy atom. The monoisotopic (exact) mass is 497 g/mol. The molecular weight excluding hydrogens is 468 g/mol. The number of pyridine rings is 1. The van der Waals surface area contributed by atoms with E-state index in [-0.39, 0.29) is 18.0 Å². The van der Waals surface area contributed by atoms with Crippen LogP contribution in [0.2, 0.25) is 0 Å². The Morgan fingerprint density at radius 3 is 2.58 bits per heavy atom. The molecule has 0 aromatic carbocycles. The number of aryl methyl sites for hydroxylation is 1. The van der Waals surface area contributed by atoms with Gasteiger partial charge in [0.2, 0.25) is 11.9 Å². The average Bonchev–Trinajstić information content (AvgIpc) is 3.40. The van der Waals surface area contributed by atoms with Crippen LogP contribution in [0, 0.1) is 6.92 Å². The van der Waals surface area contributed by atoms with Crippen molar-refractivity contribution in [2.24, 2.45) is 0 Å². The Kier molecular flexibility index (Phi) is 6.42. The predicted molar refractivity (Wildman–Crippen MR) is 134 cm³/mol. The van der Waals surface area contributed by atoms with Gasteiger partial charge in [-0.2, -0.15) is 9.97 Å². The number of nitrogens with zero attached hydrogens (tertiary/aromatic N) is 5. The number of alkyl halides is 2. The molecule has 1 amide bonds. The molecule has 0 bridgehead atoms. The van der Waals surface area contributed by atoms with Crippen molar-refractivity contribution in [2.75, 3.05) is 17.7 Å². The highest BCUT2D eigenvalue weighted by atomic mass is 19.3. The van der Waals surface area contributed by atoms with Gasteiger partial charge in [0.15, 0.2) is 5.65 Å². The zero-order chi connectivity index (χ0) is 25.4. The number of nitrogens with one attached hydrogen (secondary N) is 4. The molecule has 1 fully saturated rings. The topological polar surface area (TPSA) is 125 Å². The Bertz CT molecular complexity index is 1410. The quantitative estimate of drug-likeness (QED) is 0.306. The first-order valence-electron chi connectivity index (χ1n) is 12.0. The fraction of sp³-hybridized carbons (Fsp3) is 0.458. The average molecular weight is 498 g/mol. The highest BCUT2D eigenvalue weighted by Crippen LogP contribution is 2.33. The van der Waals surface area contributed by atoms with Gasteiger partial charge in [0, 0.05) is 37.8 Å². The van der Waals surface area contributed by atoms with E-state index in [1.807, 2.05) is 6.07 Å². The summed E-state index contributed by atoms with van der Waals surface area (Å²) in [5, 5.41) is 10.3. The standard InChI is InChI=1S/C24H29F2N9O/c1-12-29-18-9-8-17(32-23(18)35(12)11-19(25)26)16-10-28-22-20(16)21(27-3)33-24(34-22)31-15-6-4-14(5-7-15)30-13(2)36/h8-10,14-15,19H,4-7,11H2,1-3H3,(H,30,36)(H3,27,28,31,33,34)/t14-,15-. The van der Waals surface area contributed by atoms with E-state index in [2.05, 4.69) is 35.9 Å². The summed E-state index contributed by atoms with van der Waals surface area (Å²) in [6, 6.07) is 4.05. The predicted octanol–water partition coefficient (Wildman–Crippen LogP) is 3.84. The molecule has 1 aliphatic carbocycles. The minimum atomic E-state index is -2.50. The maximum Gasteiger partial charge on any atom is 0.256 e. The molecule has 190 valence electrons. The van der Waals surface area contributed by atoms with Crippen LogP contribution in [0.5, 0.6) is 0 Å². The molecule has 36 heavy (non-hydrogen) atoms. The van der Waals surface area contributed by atoms with Gasteiger partial charge in [-0.15, -0.1) is 0 Å². The first-order chi connectivity index (χ1) is 17.3. The number of aromatic nitrogens is 6. The second-order valence-electron chi connectivity index (χ2n) is 9.17. The van der Waals surface area contributed by atoms with Crippen molar-refractivity contribution in [2.45, 2.75) is 64.6 Å². The van der Waals surface area contributed by atoms with Crippen LogP contribution in [0.15, 0.2) is 18.3 Å². The second-order valence-corrected chi connectivity index (χ2v) is 9.17. The van der Waals surface area contributed by atoms with E-state index in [1.54, 1.807) is 33.2 Å². The minimum absolute atomic E-state index is 0.00339. The lowest BCUT2D eigenvalue weighted by atomic mass is 9.91. The number of aromatic amines is 1. The van der Waals surface area contributed by atoms with Crippen LogP contribution in [-0.2, 0) is 11.3 Å². The highest BCUT2D eigenvalue weighted by molar-refractivity contribution is 6.01. The third-order valence-corrected chi connectivity index (χ3v) is 6.62. The first-order valence-corrected chi connectivity index (χ1v) is 12.0. The third-order valence-electron chi connectivity index (χ3n) is 6.62. The molecule has 1 saturated carbocycles. The molecule has 0 atom stereocenters. The maximum absolute atomic E-state index is 13.1. The molecule has 0 aliphatic heterocycles. The number of hydrogen-bond donors (Lipinski definition) is 4. The zero-order valence-corrected chi connectivity index (χ0v) is 20.4. The van der Waals surface area contributed by atoms with Crippen LogP contribution in [0.4, 0.5) is 20.5 Å². The normalized spacial score (nSPS) is 18.2. The van der Waals surface area contributed by atoms with E-state index < -0.39 is 13.0 Å². The van der Waals surface area contributed by atoms with Gasteiger partial charge < -0.3 is 25.5 Å². The Hall–Kier alpha value is -3.83. The number of imidazole rings is 1. The molecule has 10 nitrogen and oxygen atoms in total. The zero-order valence-electron chi connectivity index (χ0n) is 20.4. The summed E-state index contributed by atoms with van der Waals surface area (Å²) in [5.74, 6) is 1.64. The molecule has 0 unspecified atom stereocenters. The molecule has 0 radical (unpaired) electrons. The van der Waals surface area contributed by atoms with Crippen LogP contribution < -0.4 is 16.0 Å². The van der Waals surface area contributed by atoms with Crippen molar-refractivity contribution in [3.05, 3.63) is 24.2 Å². The van der Waals surface area contributed by atoms with Gasteiger partial charge in [0.25, 0.3) is 6.43 Å². The van der Waals surface area contributed by atoms with Gasteiger partial charge in [-0.25, -0.2) is 18.7 Å². The van der Waals surface area contributed by atoms with Crippen LogP contribution in [0.1, 0.15) is 38.4 Å². The van der Waals surface area contributed by atoms with Crippen molar-refractivity contribution >= 4 is 39.9 Å². The Morgan fingerprint density at radius 1 is 1.14 bits per heavy atom. The summed E-state index contributed by atoms with van der Waals surface area (Å²) in [4.78, 5) is 32.9. The second kappa shape index (κ2) is 9.67. The lowest BCUT2D eigenvalue weighted by Gasteiger charge is -2.29. The number of carbonyl (C=O) groups is 1. The number of amides is 1. The van der Waals surface area contributed by atoms with Crippen LogP contribution in [0.3, 0.4) is 0 Å². The molecule has 12 heteroatoms. The largest absolute Gasteiger partial charge is 0.372 e. The van der Waals surface area contributed by atoms with Crippen molar-refractivity contribution < 1.29 is 13.6 Å². The summed E-state index contributed by atoms with van der Waals surface area (Å²) in [6.45, 7) is 2.78. The summed E-state index contributed by atoms with van der Waals surface area (Å²) < 4.78 is 27.7. The van der Waals surface area contributed by atoms with Gasteiger partial charge in [0.05, 0.1) is 17.6 Å². The van der Waals surface area contributed by atoms with Gasteiger partial charge in [-0.1, -0.05) is 0 Å². The molecule has 4 aromatic heterocycles. The number of carbonyl (C=O) groups excluding carboxylic acids is 1. The van der Waals surface area contributed by atoms with E-state index in [4.69, 9.17) is 4.98 Å². The first kappa shape index (κ1) is 23.9. The number of hydrogen-bond acceptors (Lipinski definition) is 7. The third kappa shape index (κ3) is 4.67. The fourth-order valence-electron chi connectivity index (χ4n) is 4.95. The summed E-state index contributed by atoms with van der Waals surface area (Å²) >= 11 is 0. The van der Waals surface area contributed by atoms with Gasteiger partial charge in [0.1, 0.15) is 22.8 Å². The van der Waals surface area contributed by atoms with Crippen molar-refractivity contribution in [3.63, 3.8) is 0 Å². The highest BCUT2D eigenvalue weighted by Gasteiger charge is 2.23. The van der Waals surface area contributed by atoms with Crippen molar-refractivity contribution in [1.82, 2.24) is 34.8 Å². The maximum atomic E-state index is 13.1. The summed E-state index contributed by atoms with van der Waals surface area (Å²) in [7, 11) is 1.79. The van der Waals surface area contributed by atoms with Crippen molar-refractivity contribution in [3.8, 4) is 11.3 Å². The smallest absolute Gasteiger partial charge is 0.256 e. The van der Waals surface area contributed by atoms with E-state index in [0.29, 0.717) is 40.1 Å². The van der Waals surface area contributed by atoms with Crippen molar-refractivity contribution in [1.29, 1.82) is 0 Å². The van der Waals surface area contributed by atoms with E-state index in [9.17, 15) is 13.6 Å². The molecule has 4 heterocycles. The summed E-state index contributed by atoms with van der Waals surface area (Å²) in [5.41, 5.74) is 3.00. The molecule has 5 rings (SSSR count). The Labute approximate surface area is 206 Å². The molecule has 4 N–H and O–H groups in total. The molecule has 4 aromatic rings. The van der Waals surface area contributed by atoms with Gasteiger partial charge >= 0.3 is 0 Å². The van der Waals surface area contributed by atoms with Gasteiger partial charge in [-0.3, -0.25) is 4.79 Å². The molecule has 0 spiro atoms. The van der Waals surface area contributed by atoms with Crippen LogP contribution in [0.25, 0.3) is 33.5 Å². The lowest BCUT2D eigenvalue weighted by molar-refractivity contribution is -0.119. The lowest BCUT2D eigenvalue weighted by Crippen LogP contribution is -2.39. The van der Waals surface area contributed by atoms with E-state index >= 15 is 0 Å². The summed E-state index contributed by atoms with van der Waals surface area (Å²) in [6.07, 6.45) is 2.92. The number of anilines is 2. The van der Waals surface area contributed by atoms with Crippen LogP contribution >= 0.6 is 0 Å². The minimum Gasteiger partial charge on any atom is -0.372 e. The van der Waals surface area contributed by atoms with E-state index in [0.717, 1.165) is 36.6 Å². The SMILES string of the molecule is CNc1nc(N[C@H]2CC[C@H](NC(C)=O)CC2)nc2[nH]cc(-c3ccc4nc(C)n(CC(F)F)c4n3)c12. The molecule has 1 aliphatic rings. The fourth-order valence-corrected chi connectivity index (χ4v) is 4.95. The number of H-pyrrole nitrogens is 1.